The van der Waals surface area contributed by atoms with Gasteiger partial charge in [0.2, 0.25) is 11.8 Å². The van der Waals surface area contributed by atoms with E-state index < -0.39 is 0 Å². The van der Waals surface area contributed by atoms with Gasteiger partial charge in [-0.2, -0.15) is 0 Å². The summed E-state index contributed by atoms with van der Waals surface area (Å²) in [7, 11) is 0. The van der Waals surface area contributed by atoms with E-state index in [2.05, 4.69) is 9.80 Å². The van der Waals surface area contributed by atoms with Crippen molar-refractivity contribution in [2.75, 3.05) is 19.6 Å². The highest BCUT2D eigenvalue weighted by atomic mass is 19.1. The van der Waals surface area contributed by atoms with Crippen LogP contribution in [0.25, 0.3) is 0 Å². The van der Waals surface area contributed by atoms with E-state index in [1.54, 1.807) is 0 Å². The molecule has 2 bridgehead atoms. The molecule has 0 aromatic heterocycles. The summed E-state index contributed by atoms with van der Waals surface area (Å²) in [5, 5.41) is 0. The van der Waals surface area contributed by atoms with Crippen molar-refractivity contribution in [3.63, 3.8) is 0 Å². The molecular weight excluding hydrogens is 333 g/mol. The number of halogens is 1. The molecule has 2 N–H and O–H groups in total. The first-order valence-electron chi connectivity index (χ1n) is 9.62. The van der Waals surface area contributed by atoms with Crippen LogP contribution in [-0.2, 0) is 9.59 Å². The Morgan fingerprint density at radius 3 is 2.42 bits per heavy atom. The Bertz CT molecular complexity index is 685. The van der Waals surface area contributed by atoms with Crippen LogP contribution in [0.2, 0.25) is 0 Å². The molecular formula is C20H26FN3O2. The van der Waals surface area contributed by atoms with Gasteiger partial charge in [0.25, 0.3) is 0 Å². The van der Waals surface area contributed by atoms with E-state index >= 15 is 0 Å². The first-order valence-corrected chi connectivity index (χ1v) is 9.62. The van der Waals surface area contributed by atoms with Crippen molar-refractivity contribution in [2.45, 2.75) is 50.1 Å². The summed E-state index contributed by atoms with van der Waals surface area (Å²) in [6.45, 7) is 2.86. The maximum absolute atomic E-state index is 13.4. The fraction of sp³-hybridized carbons (Fsp3) is 0.600. The molecule has 4 heterocycles. The van der Waals surface area contributed by atoms with Crippen molar-refractivity contribution in [3.8, 4) is 0 Å². The highest BCUT2D eigenvalue weighted by Crippen LogP contribution is 2.46. The van der Waals surface area contributed by atoms with E-state index in [1.807, 2.05) is 12.1 Å². The number of benzene rings is 1. The van der Waals surface area contributed by atoms with Crippen molar-refractivity contribution < 1.29 is 14.0 Å². The van der Waals surface area contributed by atoms with Gasteiger partial charge in [0.15, 0.2) is 0 Å². The van der Waals surface area contributed by atoms with Gasteiger partial charge in [-0.05, 0) is 56.0 Å². The highest BCUT2D eigenvalue weighted by molar-refractivity contribution is 5.79. The average molecular weight is 359 g/mol. The Morgan fingerprint density at radius 1 is 1.08 bits per heavy atom. The predicted molar refractivity (Wildman–Crippen MR) is 95.8 cm³/mol. The molecule has 5 nitrogen and oxygen atoms in total. The molecule has 4 aliphatic rings. The fourth-order valence-corrected chi connectivity index (χ4v) is 5.27. The monoisotopic (exact) mass is 359 g/mol. The molecule has 4 fully saturated rings. The van der Waals surface area contributed by atoms with Gasteiger partial charge in [-0.15, -0.1) is 0 Å². The zero-order chi connectivity index (χ0) is 18.3. The number of nitrogens with two attached hydrogens (primary N) is 1. The Hall–Kier alpha value is -1.95. The summed E-state index contributed by atoms with van der Waals surface area (Å²) >= 11 is 0. The molecule has 0 saturated carbocycles. The second-order valence-electron chi connectivity index (χ2n) is 7.88. The number of carbonyl (C=O) groups is 2. The van der Waals surface area contributed by atoms with E-state index in [-0.39, 0.29) is 36.0 Å². The molecule has 26 heavy (non-hydrogen) atoms. The number of fused-ring (bicyclic) bond motifs is 2. The van der Waals surface area contributed by atoms with Crippen LogP contribution in [0.5, 0.6) is 0 Å². The quantitative estimate of drug-likeness (QED) is 0.873. The minimum atomic E-state index is -0.357. The fourth-order valence-electron chi connectivity index (χ4n) is 5.27. The molecule has 4 saturated heterocycles. The lowest BCUT2D eigenvalue weighted by molar-refractivity contribution is -0.136. The normalized spacial score (nSPS) is 32.5. The third-order valence-corrected chi connectivity index (χ3v) is 6.43. The maximum atomic E-state index is 13.4. The molecule has 2 amide bonds. The molecule has 6 heteroatoms. The van der Waals surface area contributed by atoms with E-state index in [9.17, 15) is 14.0 Å². The Kier molecular flexibility index (Phi) is 4.69. The molecule has 5 rings (SSSR count). The molecule has 0 aliphatic carbocycles. The van der Waals surface area contributed by atoms with E-state index in [4.69, 9.17) is 5.73 Å². The summed E-state index contributed by atoms with van der Waals surface area (Å²) in [6, 6.07) is 7.32. The molecule has 0 unspecified atom stereocenters. The van der Waals surface area contributed by atoms with Crippen LogP contribution in [0.15, 0.2) is 24.3 Å². The molecule has 0 radical (unpaired) electrons. The van der Waals surface area contributed by atoms with Crippen LogP contribution in [0, 0.1) is 11.7 Å². The van der Waals surface area contributed by atoms with Crippen LogP contribution in [-0.4, -0.2) is 53.3 Å². The largest absolute Gasteiger partial charge is 0.370 e. The van der Waals surface area contributed by atoms with Crippen molar-refractivity contribution in [2.24, 2.45) is 11.7 Å². The number of hydrogen-bond donors (Lipinski definition) is 1. The Labute approximate surface area is 153 Å². The summed E-state index contributed by atoms with van der Waals surface area (Å²) in [5.41, 5.74) is 6.31. The number of primary amides is 1. The van der Waals surface area contributed by atoms with Gasteiger partial charge >= 0.3 is 0 Å². The lowest BCUT2D eigenvalue weighted by atomic mass is 9.75. The van der Waals surface area contributed by atoms with Crippen molar-refractivity contribution in [3.05, 3.63) is 35.6 Å². The molecule has 0 spiro atoms. The van der Waals surface area contributed by atoms with Gasteiger partial charge in [-0.25, -0.2) is 4.39 Å². The third-order valence-electron chi connectivity index (χ3n) is 6.43. The average Bonchev–Trinajstić information content (AvgIpc) is 3.06. The Morgan fingerprint density at radius 2 is 1.77 bits per heavy atom. The minimum Gasteiger partial charge on any atom is -0.370 e. The van der Waals surface area contributed by atoms with Gasteiger partial charge in [0, 0.05) is 31.3 Å². The lowest BCUT2D eigenvalue weighted by Crippen LogP contribution is -2.60. The topological polar surface area (TPSA) is 66.6 Å². The number of piperidine rings is 3. The molecule has 1 aromatic carbocycles. The second-order valence-corrected chi connectivity index (χ2v) is 7.88. The summed E-state index contributed by atoms with van der Waals surface area (Å²) in [6.07, 6.45) is 3.42. The first-order chi connectivity index (χ1) is 12.5. The summed E-state index contributed by atoms with van der Waals surface area (Å²) in [5.74, 6) is 0.316. The number of hydrogen-bond acceptors (Lipinski definition) is 3. The zero-order valence-electron chi connectivity index (χ0n) is 14.9. The zero-order valence-corrected chi connectivity index (χ0v) is 14.9. The van der Waals surface area contributed by atoms with Crippen LogP contribution in [0.4, 0.5) is 4.39 Å². The van der Waals surface area contributed by atoms with E-state index in [1.165, 1.54) is 12.1 Å². The van der Waals surface area contributed by atoms with Gasteiger partial charge < -0.3 is 10.6 Å². The predicted octanol–water partition coefficient (Wildman–Crippen LogP) is 1.87. The summed E-state index contributed by atoms with van der Waals surface area (Å²) < 4.78 is 13.4. The number of carbonyl (C=O) groups excluding carboxylic acids is 2. The van der Waals surface area contributed by atoms with Gasteiger partial charge in [-0.1, -0.05) is 12.1 Å². The first kappa shape index (κ1) is 17.5. The van der Waals surface area contributed by atoms with Crippen molar-refractivity contribution >= 4 is 11.8 Å². The standard InChI is InChI=1S/C20H26FN3O2/c21-15-6-4-13(5-7-15)16-12-24(18(26)3-1-2-17(22)25)19-14-8-10-23(11-9-14)20(16)19/h4-7,14,16,19-20H,1-3,8-12H2,(H2,22,25)/t16-,19+,20+/m0/s1. The van der Waals surface area contributed by atoms with Crippen molar-refractivity contribution in [1.29, 1.82) is 0 Å². The number of likely N-dealkylation sites (tertiary alicyclic amines) is 1. The molecule has 140 valence electrons. The third kappa shape index (κ3) is 3.11. The van der Waals surface area contributed by atoms with Gasteiger partial charge in [0.1, 0.15) is 5.82 Å². The van der Waals surface area contributed by atoms with Gasteiger partial charge in [-0.3, -0.25) is 14.5 Å². The van der Waals surface area contributed by atoms with Gasteiger partial charge in [0.05, 0.1) is 6.04 Å². The van der Waals surface area contributed by atoms with Crippen molar-refractivity contribution in [1.82, 2.24) is 9.80 Å². The van der Waals surface area contributed by atoms with E-state index in [0.717, 1.165) is 31.5 Å². The molecule has 1 aromatic rings. The Balaban J connectivity index is 1.56. The van der Waals surface area contributed by atoms with Crippen LogP contribution >= 0.6 is 0 Å². The SMILES string of the molecule is NC(=O)CCCC(=O)N1C[C@@H](c2ccc(F)cc2)[C@@H]2[C@H]1C1CCN2CC1. The number of amides is 2. The molecule has 4 aliphatic heterocycles. The number of nitrogens with zero attached hydrogens (tertiary/aromatic N) is 2. The second kappa shape index (κ2) is 6.99. The maximum Gasteiger partial charge on any atom is 0.222 e. The van der Waals surface area contributed by atoms with Crippen LogP contribution in [0.1, 0.15) is 43.6 Å². The van der Waals surface area contributed by atoms with Crippen LogP contribution < -0.4 is 5.73 Å². The van der Waals surface area contributed by atoms with E-state index in [0.29, 0.717) is 31.3 Å². The smallest absolute Gasteiger partial charge is 0.222 e. The minimum absolute atomic E-state index is 0.125. The number of rotatable bonds is 5. The molecule has 3 atom stereocenters. The lowest BCUT2D eigenvalue weighted by Gasteiger charge is -2.51. The highest BCUT2D eigenvalue weighted by Gasteiger charge is 2.54. The van der Waals surface area contributed by atoms with Crippen LogP contribution in [0.3, 0.4) is 0 Å². The summed E-state index contributed by atoms with van der Waals surface area (Å²) in [4.78, 5) is 28.4.